The summed E-state index contributed by atoms with van der Waals surface area (Å²) in [4.78, 5) is 12.9. The minimum Gasteiger partial charge on any atom is -0.423 e. The quantitative estimate of drug-likeness (QED) is 0.0797. The van der Waals surface area contributed by atoms with E-state index in [1.54, 1.807) is 12.1 Å². The van der Waals surface area contributed by atoms with Gasteiger partial charge in [-0.15, -0.1) is 0 Å². The van der Waals surface area contributed by atoms with E-state index < -0.39 is 18.3 Å². The predicted octanol–water partition coefficient (Wildman–Crippen LogP) is 10.3. The Hall–Kier alpha value is -6.08. The SMILES string of the molecule is OB(O)c1ccncc1.OC(c1ccccc1)(c1ccccc1)C1CCN(CCc2ccc(-c3ccncc3)cc2)CC1.OC(c1ccccc1)(c1ccccc1)C1CCN(CCc2ccc(Br)cc2)CC1. The van der Waals surface area contributed by atoms with Crippen molar-refractivity contribution < 1.29 is 20.3 Å². The van der Waals surface area contributed by atoms with Gasteiger partial charge in [-0.1, -0.05) is 174 Å². The van der Waals surface area contributed by atoms with Crippen molar-refractivity contribution in [2.45, 2.75) is 49.7 Å². The zero-order chi connectivity index (χ0) is 50.0. The van der Waals surface area contributed by atoms with Crippen molar-refractivity contribution >= 4 is 28.5 Å². The zero-order valence-corrected chi connectivity index (χ0v) is 42.5. The van der Waals surface area contributed by atoms with Gasteiger partial charge in [-0.3, -0.25) is 9.97 Å². The largest absolute Gasteiger partial charge is 0.488 e. The summed E-state index contributed by atoms with van der Waals surface area (Å²) in [5.74, 6) is 0.421. The van der Waals surface area contributed by atoms with Crippen molar-refractivity contribution in [2.24, 2.45) is 11.8 Å². The fraction of sp³-hybridized carbons (Fsp3) is 0.258. The van der Waals surface area contributed by atoms with E-state index in [2.05, 4.69) is 133 Å². The molecule has 4 heterocycles. The van der Waals surface area contributed by atoms with Crippen LogP contribution >= 0.6 is 15.9 Å². The first-order chi connectivity index (χ1) is 35.2. The highest BCUT2D eigenvalue weighted by atomic mass is 79.9. The van der Waals surface area contributed by atoms with E-state index in [1.807, 2.05) is 97.3 Å². The Morgan fingerprint density at radius 2 is 0.750 bits per heavy atom. The lowest BCUT2D eigenvalue weighted by Gasteiger charge is -2.42. The molecule has 2 saturated heterocycles. The van der Waals surface area contributed by atoms with Crippen LogP contribution in [0.1, 0.15) is 59.1 Å². The fourth-order valence-electron chi connectivity index (χ4n) is 10.4. The van der Waals surface area contributed by atoms with Crippen LogP contribution in [0.25, 0.3) is 11.1 Å². The molecule has 8 nitrogen and oxygen atoms in total. The Morgan fingerprint density at radius 3 is 1.08 bits per heavy atom. The van der Waals surface area contributed by atoms with Crippen LogP contribution in [-0.2, 0) is 24.0 Å². The molecule has 0 radical (unpaired) electrons. The Morgan fingerprint density at radius 1 is 0.431 bits per heavy atom. The van der Waals surface area contributed by atoms with Gasteiger partial charge in [-0.25, -0.2) is 0 Å². The summed E-state index contributed by atoms with van der Waals surface area (Å²) in [5, 5.41) is 41.1. The molecule has 6 aromatic carbocycles. The maximum atomic E-state index is 12.1. The van der Waals surface area contributed by atoms with Gasteiger partial charge in [0.05, 0.1) is 0 Å². The van der Waals surface area contributed by atoms with Crippen LogP contribution < -0.4 is 5.46 Å². The van der Waals surface area contributed by atoms with E-state index in [-0.39, 0.29) is 11.8 Å². The third kappa shape index (κ3) is 13.7. The van der Waals surface area contributed by atoms with Crippen LogP contribution in [0, 0.1) is 11.8 Å². The lowest BCUT2D eigenvalue weighted by molar-refractivity contribution is -0.0141. The predicted molar refractivity (Wildman–Crippen MR) is 295 cm³/mol. The summed E-state index contributed by atoms with van der Waals surface area (Å²) in [6.07, 6.45) is 12.8. The molecule has 4 N–H and O–H groups in total. The van der Waals surface area contributed by atoms with Crippen LogP contribution in [-0.4, -0.2) is 86.4 Å². The van der Waals surface area contributed by atoms with Crippen molar-refractivity contribution in [2.75, 3.05) is 39.3 Å². The number of likely N-dealkylation sites (tertiary alicyclic amines) is 2. The third-order valence-electron chi connectivity index (χ3n) is 14.5. The lowest BCUT2D eigenvalue weighted by atomic mass is 9.72. The first-order valence-electron chi connectivity index (χ1n) is 25.3. The summed E-state index contributed by atoms with van der Waals surface area (Å²) >= 11 is 3.50. The second-order valence-corrected chi connectivity index (χ2v) is 19.9. The van der Waals surface area contributed by atoms with Gasteiger partial charge in [0.2, 0.25) is 0 Å². The molecular weight excluding hydrogens is 955 g/mol. The van der Waals surface area contributed by atoms with Crippen molar-refractivity contribution in [3.8, 4) is 11.1 Å². The molecule has 0 amide bonds. The van der Waals surface area contributed by atoms with E-state index in [1.165, 1.54) is 34.6 Å². The number of hydrogen-bond donors (Lipinski definition) is 4. The van der Waals surface area contributed by atoms with Gasteiger partial charge in [0, 0.05) is 42.3 Å². The van der Waals surface area contributed by atoms with Gasteiger partial charge in [0.15, 0.2) is 0 Å². The number of benzene rings is 6. The third-order valence-corrected chi connectivity index (χ3v) is 15.1. The highest BCUT2D eigenvalue weighted by Gasteiger charge is 2.42. The van der Waals surface area contributed by atoms with Crippen molar-refractivity contribution in [3.63, 3.8) is 0 Å². The Labute approximate surface area is 435 Å². The fourth-order valence-corrected chi connectivity index (χ4v) is 10.6. The number of piperidine rings is 2. The van der Waals surface area contributed by atoms with E-state index in [0.717, 1.165) is 105 Å². The molecule has 0 unspecified atom stereocenters. The molecule has 10 rings (SSSR count). The van der Waals surface area contributed by atoms with Crippen LogP contribution in [0.2, 0.25) is 0 Å². The molecule has 8 aromatic rings. The Kier molecular flexibility index (Phi) is 18.9. The van der Waals surface area contributed by atoms with Crippen molar-refractivity contribution in [1.82, 2.24) is 19.8 Å². The molecule has 2 aromatic heterocycles. The molecule has 2 aliphatic rings. The molecule has 0 spiro atoms. The smallest absolute Gasteiger partial charge is 0.423 e. The van der Waals surface area contributed by atoms with Crippen LogP contribution in [0.4, 0.5) is 0 Å². The maximum Gasteiger partial charge on any atom is 0.488 e. The van der Waals surface area contributed by atoms with Gasteiger partial charge in [0.1, 0.15) is 11.2 Å². The van der Waals surface area contributed by atoms with E-state index in [9.17, 15) is 10.2 Å². The average molecular weight is 1020 g/mol. The number of pyridine rings is 2. The summed E-state index contributed by atoms with van der Waals surface area (Å²) < 4.78 is 1.13. The number of halogens is 1. The van der Waals surface area contributed by atoms with Crippen molar-refractivity contribution in [1.29, 1.82) is 0 Å². The van der Waals surface area contributed by atoms with Gasteiger partial charge in [-0.2, -0.15) is 0 Å². The Balaban J connectivity index is 0.000000166. The number of aromatic nitrogens is 2. The topological polar surface area (TPSA) is 113 Å². The molecule has 2 fully saturated rings. The van der Waals surface area contributed by atoms with E-state index in [0.29, 0.717) is 5.46 Å². The Bertz CT molecular complexity index is 2690. The molecule has 0 atom stereocenters. The summed E-state index contributed by atoms with van der Waals surface area (Å²) in [5.41, 5.74) is 7.75. The zero-order valence-electron chi connectivity index (χ0n) is 41.0. The number of nitrogens with zero attached hydrogens (tertiary/aromatic N) is 4. The summed E-state index contributed by atoms with van der Waals surface area (Å²) in [7, 11) is -1.38. The number of aliphatic hydroxyl groups is 2. The second-order valence-electron chi connectivity index (χ2n) is 18.9. The first-order valence-corrected chi connectivity index (χ1v) is 26.1. The van der Waals surface area contributed by atoms with Crippen LogP contribution in [0.5, 0.6) is 0 Å². The van der Waals surface area contributed by atoms with Gasteiger partial charge < -0.3 is 30.1 Å². The van der Waals surface area contributed by atoms with Gasteiger partial charge in [0.25, 0.3) is 0 Å². The molecule has 72 heavy (non-hydrogen) atoms. The van der Waals surface area contributed by atoms with Crippen LogP contribution in [0.3, 0.4) is 0 Å². The van der Waals surface area contributed by atoms with Gasteiger partial charge in [-0.05, 0) is 163 Å². The standard InChI is InChI=1S/C31H32N2O.C26H28BrNO.C5H6BNO2/c34-31(28-7-3-1-4-8-28,29-9-5-2-6-10-29)30-18-23-33(24-19-30)22-17-25-11-13-26(14-12-25)27-15-20-32-21-16-27;27-25-13-11-21(12-14-25)15-18-28-19-16-24(17-20-28)26(29,22-7-3-1-4-8-22)23-9-5-2-6-10-23;8-6(9)5-1-3-7-4-2-5/h1-16,20-21,30,34H,17-19,22-24H2;1-14,24,29H,15-20H2;1-4,8-9H. The van der Waals surface area contributed by atoms with E-state index in [4.69, 9.17) is 10.0 Å². The normalized spacial score (nSPS) is 14.8. The van der Waals surface area contributed by atoms with E-state index >= 15 is 0 Å². The number of rotatable bonds is 14. The molecule has 2 aliphatic heterocycles. The summed E-state index contributed by atoms with van der Waals surface area (Å²) in [6, 6.07) is 65.5. The minimum atomic E-state index is -1.38. The monoisotopic (exact) mass is 1020 g/mol. The molecule has 10 heteroatoms. The van der Waals surface area contributed by atoms with Gasteiger partial charge >= 0.3 is 7.12 Å². The molecule has 368 valence electrons. The molecule has 0 bridgehead atoms. The molecular formula is C62H66BBrN4O4. The highest BCUT2D eigenvalue weighted by molar-refractivity contribution is 9.10. The van der Waals surface area contributed by atoms with Crippen LogP contribution in [0.15, 0.2) is 223 Å². The lowest BCUT2D eigenvalue weighted by Crippen LogP contribution is -2.44. The summed E-state index contributed by atoms with van der Waals surface area (Å²) in [6.45, 7) is 6.22. The number of hydrogen-bond acceptors (Lipinski definition) is 8. The van der Waals surface area contributed by atoms with Crippen molar-refractivity contribution in [3.05, 3.63) is 257 Å². The first kappa shape index (κ1) is 52.3. The molecule has 0 aliphatic carbocycles. The molecule has 0 saturated carbocycles. The second kappa shape index (κ2) is 26.0. The minimum absolute atomic E-state index is 0.202. The highest BCUT2D eigenvalue weighted by Crippen LogP contribution is 2.43. The average Bonchev–Trinajstić information content (AvgIpc) is 3.46. The maximum absolute atomic E-state index is 12.1.